The largest absolute Gasteiger partial charge is 0.355 e. The standard InChI is InChI=1S/C14H17N3O2/c1-10-4-2-5-11(8-10)9-16-17-14(19)12-6-3-7-15-13(12)18/h2,4-5,8-9,12H,3,6-7H2,1H3,(H,15,18)(H,17,19)/t12-/m1/s1. The molecule has 19 heavy (non-hydrogen) atoms. The van der Waals surface area contributed by atoms with Crippen molar-refractivity contribution < 1.29 is 9.59 Å². The first-order chi connectivity index (χ1) is 9.16. The lowest BCUT2D eigenvalue weighted by Gasteiger charge is -2.19. The van der Waals surface area contributed by atoms with Crippen molar-refractivity contribution >= 4 is 18.0 Å². The third-order valence-electron chi connectivity index (χ3n) is 3.03. The van der Waals surface area contributed by atoms with Gasteiger partial charge in [-0.15, -0.1) is 0 Å². The first-order valence-electron chi connectivity index (χ1n) is 6.34. The lowest BCUT2D eigenvalue weighted by atomic mass is 9.98. The normalized spacial score (nSPS) is 19.2. The molecule has 0 bridgehead atoms. The highest BCUT2D eigenvalue weighted by molar-refractivity contribution is 6.00. The molecular formula is C14H17N3O2. The van der Waals surface area contributed by atoms with Gasteiger partial charge in [0.25, 0.3) is 5.91 Å². The summed E-state index contributed by atoms with van der Waals surface area (Å²) in [5.41, 5.74) is 4.46. The van der Waals surface area contributed by atoms with Crippen LogP contribution in [0.3, 0.4) is 0 Å². The molecule has 0 saturated carbocycles. The Morgan fingerprint density at radius 1 is 1.53 bits per heavy atom. The van der Waals surface area contributed by atoms with Gasteiger partial charge in [0.15, 0.2) is 0 Å². The number of hydrogen-bond acceptors (Lipinski definition) is 3. The summed E-state index contributed by atoms with van der Waals surface area (Å²) in [6.45, 7) is 2.64. The maximum atomic E-state index is 11.8. The number of nitrogens with zero attached hydrogens (tertiary/aromatic N) is 1. The minimum atomic E-state index is -0.622. The fourth-order valence-electron chi connectivity index (χ4n) is 2.02. The molecule has 0 aliphatic carbocycles. The van der Waals surface area contributed by atoms with E-state index in [0.29, 0.717) is 13.0 Å². The second-order valence-electron chi connectivity index (χ2n) is 4.63. The Hall–Kier alpha value is -2.17. The van der Waals surface area contributed by atoms with Gasteiger partial charge in [-0.25, -0.2) is 5.43 Å². The highest BCUT2D eigenvalue weighted by Crippen LogP contribution is 2.11. The van der Waals surface area contributed by atoms with Gasteiger partial charge in [0.05, 0.1) is 6.21 Å². The lowest BCUT2D eigenvalue weighted by Crippen LogP contribution is -2.43. The molecule has 1 fully saturated rings. The number of amides is 2. The average Bonchev–Trinajstić information content (AvgIpc) is 2.39. The molecule has 1 atom stereocenters. The molecule has 5 nitrogen and oxygen atoms in total. The Kier molecular flexibility index (Phi) is 4.28. The number of hydrazone groups is 1. The summed E-state index contributed by atoms with van der Waals surface area (Å²) in [5, 5.41) is 6.56. The Labute approximate surface area is 112 Å². The minimum absolute atomic E-state index is 0.213. The second kappa shape index (κ2) is 6.13. The van der Waals surface area contributed by atoms with E-state index in [1.54, 1.807) is 6.21 Å². The van der Waals surface area contributed by atoms with E-state index in [1.165, 1.54) is 0 Å². The van der Waals surface area contributed by atoms with Gasteiger partial charge in [-0.3, -0.25) is 9.59 Å². The van der Waals surface area contributed by atoms with Crippen LogP contribution in [0.5, 0.6) is 0 Å². The molecule has 2 N–H and O–H groups in total. The van der Waals surface area contributed by atoms with Crippen LogP contribution in [-0.2, 0) is 9.59 Å². The molecule has 1 aromatic carbocycles. The second-order valence-corrected chi connectivity index (χ2v) is 4.63. The smallest absolute Gasteiger partial charge is 0.252 e. The molecule has 1 aromatic rings. The van der Waals surface area contributed by atoms with Gasteiger partial charge in [0.2, 0.25) is 5.91 Å². The van der Waals surface area contributed by atoms with Crippen LogP contribution in [0.1, 0.15) is 24.0 Å². The van der Waals surface area contributed by atoms with E-state index in [0.717, 1.165) is 17.5 Å². The number of nitrogens with one attached hydrogen (secondary N) is 2. The van der Waals surface area contributed by atoms with E-state index in [2.05, 4.69) is 15.8 Å². The molecule has 0 unspecified atom stereocenters. The molecule has 0 aromatic heterocycles. The van der Waals surface area contributed by atoms with Gasteiger partial charge in [-0.1, -0.05) is 29.8 Å². The zero-order valence-corrected chi connectivity index (χ0v) is 10.8. The van der Waals surface area contributed by atoms with Crippen molar-refractivity contribution in [1.29, 1.82) is 0 Å². The SMILES string of the molecule is Cc1cccc(C=NNC(=O)[C@@H]2CCCNC2=O)c1. The molecule has 1 aliphatic heterocycles. The molecule has 5 heteroatoms. The molecule has 2 amide bonds. The highest BCUT2D eigenvalue weighted by atomic mass is 16.2. The number of piperidine rings is 1. The van der Waals surface area contributed by atoms with Crippen LogP contribution in [-0.4, -0.2) is 24.6 Å². The monoisotopic (exact) mass is 259 g/mol. The maximum Gasteiger partial charge on any atom is 0.252 e. The van der Waals surface area contributed by atoms with Crippen LogP contribution in [0, 0.1) is 12.8 Å². The summed E-state index contributed by atoms with van der Waals surface area (Å²) in [7, 11) is 0. The number of carbonyl (C=O) groups is 2. The summed E-state index contributed by atoms with van der Waals surface area (Å²) in [6.07, 6.45) is 2.98. The Morgan fingerprint density at radius 2 is 2.37 bits per heavy atom. The first-order valence-corrected chi connectivity index (χ1v) is 6.34. The van der Waals surface area contributed by atoms with E-state index < -0.39 is 5.92 Å². The summed E-state index contributed by atoms with van der Waals surface area (Å²) in [6, 6.07) is 7.77. The number of aryl methyl sites for hydroxylation is 1. The predicted octanol–water partition coefficient (Wildman–Crippen LogP) is 0.971. The van der Waals surface area contributed by atoms with Crippen LogP contribution in [0.2, 0.25) is 0 Å². The van der Waals surface area contributed by atoms with Crippen molar-refractivity contribution in [3.05, 3.63) is 35.4 Å². The predicted molar refractivity (Wildman–Crippen MR) is 72.6 cm³/mol. The van der Waals surface area contributed by atoms with Crippen LogP contribution in [0.4, 0.5) is 0 Å². The van der Waals surface area contributed by atoms with E-state index in [1.807, 2.05) is 31.2 Å². The van der Waals surface area contributed by atoms with Gasteiger partial charge in [-0.05, 0) is 25.3 Å². The molecule has 2 rings (SSSR count). The van der Waals surface area contributed by atoms with E-state index in [-0.39, 0.29) is 11.8 Å². The fraction of sp³-hybridized carbons (Fsp3) is 0.357. The molecular weight excluding hydrogens is 242 g/mol. The zero-order valence-electron chi connectivity index (χ0n) is 10.8. The molecule has 1 aliphatic rings. The van der Waals surface area contributed by atoms with Crippen molar-refractivity contribution in [2.45, 2.75) is 19.8 Å². The summed E-state index contributed by atoms with van der Waals surface area (Å²) < 4.78 is 0. The summed E-state index contributed by atoms with van der Waals surface area (Å²) >= 11 is 0. The lowest BCUT2D eigenvalue weighted by molar-refractivity contribution is -0.136. The van der Waals surface area contributed by atoms with Crippen LogP contribution < -0.4 is 10.7 Å². The zero-order chi connectivity index (χ0) is 13.7. The molecule has 0 radical (unpaired) electrons. The molecule has 1 saturated heterocycles. The Balaban J connectivity index is 1.91. The van der Waals surface area contributed by atoms with Crippen LogP contribution in [0.15, 0.2) is 29.4 Å². The summed E-state index contributed by atoms with van der Waals surface area (Å²) in [4.78, 5) is 23.3. The highest BCUT2D eigenvalue weighted by Gasteiger charge is 2.28. The average molecular weight is 259 g/mol. The van der Waals surface area contributed by atoms with Crippen molar-refractivity contribution in [2.24, 2.45) is 11.0 Å². The Morgan fingerprint density at radius 3 is 3.11 bits per heavy atom. The Bertz CT molecular complexity index is 511. The minimum Gasteiger partial charge on any atom is -0.355 e. The van der Waals surface area contributed by atoms with Crippen LogP contribution in [0.25, 0.3) is 0 Å². The third kappa shape index (κ3) is 3.64. The first kappa shape index (κ1) is 13.3. The van der Waals surface area contributed by atoms with Gasteiger partial charge >= 0.3 is 0 Å². The van der Waals surface area contributed by atoms with Crippen LogP contribution >= 0.6 is 0 Å². The third-order valence-corrected chi connectivity index (χ3v) is 3.03. The van der Waals surface area contributed by atoms with Gasteiger partial charge in [0.1, 0.15) is 5.92 Å². The molecule has 100 valence electrons. The fourth-order valence-corrected chi connectivity index (χ4v) is 2.02. The van der Waals surface area contributed by atoms with Gasteiger partial charge < -0.3 is 5.32 Å². The molecule has 0 spiro atoms. The van der Waals surface area contributed by atoms with Gasteiger partial charge in [0, 0.05) is 6.54 Å². The van der Waals surface area contributed by atoms with Crippen molar-refractivity contribution in [1.82, 2.24) is 10.7 Å². The quantitative estimate of drug-likeness (QED) is 0.482. The summed E-state index contributed by atoms with van der Waals surface area (Å²) in [5.74, 6) is -1.18. The number of rotatable bonds is 3. The topological polar surface area (TPSA) is 70.6 Å². The van der Waals surface area contributed by atoms with E-state index >= 15 is 0 Å². The van der Waals surface area contributed by atoms with Crippen molar-refractivity contribution in [3.63, 3.8) is 0 Å². The number of carbonyl (C=O) groups excluding carboxylic acids is 2. The van der Waals surface area contributed by atoms with E-state index in [9.17, 15) is 9.59 Å². The number of hydrogen-bond donors (Lipinski definition) is 2. The maximum absolute atomic E-state index is 11.8. The van der Waals surface area contributed by atoms with Gasteiger partial charge in [-0.2, -0.15) is 5.10 Å². The van der Waals surface area contributed by atoms with Crippen molar-refractivity contribution in [2.75, 3.05) is 6.54 Å². The number of benzene rings is 1. The van der Waals surface area contributed by atoms with Crippen molar-refractivity contribution in [3.8, 4) is 0 Å². The molecule has 1 heterocycles. The van der Waals surface area contributed by atoms with E-state index in [4.69, 9.17) is 0 Å².